The summed E-state index contributed by atoms with van der Waals surface area (Å²) >= 11 is 5.79. The second-order valence-electron chi connectivity index (χ2n) is 15.7. The lowest BCUT2D eigenvalue weighted by molar-refractivity contribution is -0.124. The topological polar surface area (TPSA) is 78.4 Å². The van der Waals surface area contributed by atoms with Crippen LogP contribution in [-0.4, -0.2) is 35.1 Å². The van der Waals surface area contributed by atoms with Gasteiger partial charge in [-0.25, -0.2) is 0 Å². The van der Waals surface area contributed by atoms with Crippen molar-refractivity contribution < 1.29 is 14.7 Å². The molecule has 0 aromatic heterocycles. The second-order valence-corrected chi connectivity index (χ2v) is 16.1. The van der Waals surface area contributed by atoms with Gasteiger partial charge in [0.05, 0.1) is 6.10 Å². The zero-order valence-electron chi connectivity index (χ0n) is 32.6. The summed E-state index contributed by atoms with van der Waals surface area (Å²) < 4.78 is 0. The zero-order valence-corrected chi connectivity index (χ0v) is 33.3. The fraction of sp³-hybridized carbons (Fsp3) is 0.952. The van der Waals surface area contributed by atoms with E-state index in [4.69, 9.17) is 11.6 Å². The van der Waals surface area contributed by atoms with Crippen LogP contribution >= 0.6 is 11.6 Å². The maximum Gasteiger partial charge on any atom is 0.221 e. The highest BCUT2D eigenvalue weighted by Crippen LogP contribution is 2.16. The Hall–Kier alpha value is -0.810. The molecule has 0 aromatic rings. The molecule has 286 valence electrons. The molecule has 6 heteroatoms. The van der Waals surface area contributed by atoms with Crippen molar-refractivity contribution in [1.29, 1.82) is 0 Å². The minimum atomic E-state index is -0.511. The van der Waals surface area contributed by atoms with Gasteiger partial charge in [0, 0.05) is 18.7 Å². The summed E-state index contributed by atoms with van der Waals surface area (Å²) in [4.78, 5) is 25.4. The number of alkyl halides is 1. The highest BCUT2D eigenvalue weighted by atomic mass is 35.5. The first-order valence-corrected chi connectivity index (χ1v) is 21.6. The van der Waals surface area contributed by atoms with Gasteiger partial charge >= 0.3 is 0 Å². The minimum absolute atomic E-state index is 0.00773. The molecule has 0 bridgehead atoms. The molecule has 0 saturated heterocycles. The van der Waals surface area contributed by atoms with Crippen LogP contribution in [0, 0.1) is 11.8 Å². The Morgan fingerprint density at radius 1 is 0.438 bits per heavy atom. The van der Waals surface area contributed by atoms with Gasteiger partial charge in [0.1, 0.15) is 6.17 Å². The number of amides is 2. The summed E-state index contributed by atoms with van der Waals surface area (Å²) in [6, 6.07) is 0. The number of unbranched alkanes of at least 4 members (excludes halogenated alkanes) is 22. The van der Waals surface area contributed by atoms with E-state index >= 15 is 0 Å². The zero-order chi connectivity index (χ0) is 35.5. The number of carbonyl (C=O) groups is 2. The summed E-state index contributed by atoms with van der Waals surface area (Å²) in [5.41, 5.74) is 0. The van der Waals surface area contributed by atoms with Crippen LogP contribution in [0.1, 0.15) is 227 Å². The molecule has 48 heavy (non-hydrogen) atoms. The van der Waals surface area contributed by atoms with Crippen molar-refractivity contribution in [2.45, 2.75) is 239 Å². The summed E-state index contributed by atoms with van der Waals surface area (Å²) in [6.07, 6.45) is 35.0. The maximum atomic E-state index is 12.7. The predicted octanol–water partition coefficient (Wildman–Crippen LogP) is 12.5. The molecule has 0 aliphatic heterocycles. The molecule has 5 nitrogen and oxygen atoms in total. The Balaban J connectivity index is 3.98. The fourth-order valence-electron chi connectivity index (χ4n) is 6.55. The third-order valence-electron chi connectivity index (χ3n) is 9.77. The molecule has 1 atom stereocenters. The van der Waals surface area contributed by atoms with Crippen molar-refractivity contribution in [2.75, 3.05) is 5.88 Å². The van der Waals surface area contributed by atoms with Gasteiger partial charge < -0.3 is 15.7 Å². The first kappa shape index (κ1) is 47.2. The van der Waals surface area contributed by atoms with Crippen molar-refractivity contribution in [3.8, 4) is 0 Å². The van der Waals surface area contributed by atoms with E-state index in [0.29, 0.717) is 38.0 Å². The standard InChI is InChI=1S/C42H83ClN2O3/c1-37(2)29-25-21-17-13-9-5-7-11-15-19-23-27-31-41(47)44-40(34-33-39(46)35-36-43)45-42(48)32-28-24-20-16-12-8-6-10-14-18-22-26-30-38(3)4/h37-40,46H,5-36H2,1-4H3,(H,44,47)(H,45,48). The van der Waals surface area contributed by atoms with Gasteiger partial charge in [-0.05, 0) is 43.9 Å². The molecular formula is C42H83ClN2O3. The summed E-state index contributed by atoms with van der Waals surface area (Å²) in [5.74, 6) is 2.07. The fourth-order valence-corrected chi connectivity index (χ4v) is 6.81. The number of carbonyl (C=O) groups excluding carboxylic acids is 2. The van der Waals surface area contributed by atoms with Gasteiger partial charge in [0.25, 0.3) is 0 Å². The predicted molar refractivity (Wildman–Crippen MR) is 210 cm³/mol. The van der Waals surface area contributed by atoms with Gasteiger partial charge in [-0.15, -0.1) is 11.6 Å². The SMILES string of the molecule is CC(C)CCCCCCCCCCCCCCC(=O)NC(CCC(O)CCCl)NC(=O)CCCCCCCCCCCCCCC(C)C. The highest BCUT2D eigenvalue weighted by Gasteiger charge is 2.17. The summed E-state index contributed by atoms with van der Waals surface area (Å²) in [6.45, 7) is 9.25. The Bertz CT molecular complexity index is 652. The van der Waals surface area contributed by atoms with Crippen molar-refractivity contribution >= 4 is 23.4 Å². The summed E-state index contributed by atoms with van der Waals surface area (Å²) in [5, 5.41) is 16.2. The van der Waals surface area contributed by atoms with Crippen LogP contribution in [0.15, 0.2) is 0 Å². The average molecular weight is 700 g/mol. The van der Waals surface area contributed by atoms with Crippen LogP contribution in [0.3, 0.4) is 0 Å². The minimum Gasteiger partial charge on any atom is -0.393 e. The van der Waals surface area contributed by atoms with E-state index < -0.39 is 12.3 Å². The van der Waals surface area contributed by atoms with E-state index in [9.17, 15) is 14.7 Å². The molecule has 0 aliphatic rings. The molecule has 0 heterocycles. The molecule has 0 radical (unpaired) electrons. The van der Waals surface area contributed by atoms with E-state index in [1.165, 1.54) is 141 Å². The molecular weight excluding hydrogens is 616 g/mol. The quantitative estimate of drug-likeness (QED) is 0.0343. The van der Waals surface area contributed by atoms with E-state index in [1.54, 1.807) is 0 Å². The Morgan fingerprint density at radius 2 is 0.729 bits per heavy atom. The lowest BCUT2D eigenvalue weighted by Crippen LogP contribution is -2.48. The second kappa shape index (κ2) is 36.0. The number of nitrogens with one attached hydrogen (secondary N) is 2. The van der Waals surface area contributed by atoms with E-state index in [2.05, 4.69) is 38.3 Å². The molecule has 0 rings (SSSR count). The number of hydrogen-bond donors (Lipinski definition) is 3. The van der Waals surface area contributed by atoms with Crippen LogP contribution in [0.4, 0.5) is 0 Å². The van der Waals surface area contributed by atoms with Crippen LogP contribution in [0.25, 0.3) is 0 Å². The molecule has 0 saturated carbocycles. The van der Waals surface area contributed by atoms with E-state index in [0.717, 1.165) is 37.5 Å². The average Bonchev–Trinajstić information content (AvgIpc) is 3.03. The van der Waals surface area contributed by atoms with Gasteiger partial charge in [-0.2, -0.15) is 0 Å². The number of rotatable bonds is 37. The largest absolute Gasteiger partial charge is 0.393 e. The Kier molecular flexibility index (Phi) is 35.4. The molecule has 2 amide bonds. The highest BCUT2D eigenvalue weighted by molar-refractivity contribution is 6.17. The third kappa shape index (κ3) is 36.5. The van der Waals surface area contributed by atoms with Crippen molar-refractivity contribution in [2.24, 2.45) is 11.8 Å². The van der Waals surface area contributed by atoms with Crippen molar-refractivity contribution in [1.82, 2.24) is 10.6 Å². The van der Waals surface area contributed by atoms with Crippen molar-refractivity contribution in [3.63, 3.8) is 0 Å². The van der Waals surface area contributed by atoms with Crippen LogP contribution in [-0.2, 0) is 9.59 Å². The Labute approximate surface area is 304 Å². The van der Waals surface area contributed by atoms with Gasteiger partial charge in [-0.3, -0.25) is 9.59 Å². The molecule has 3 N–H and O–H groups in total. The lowest BCUT2D eigenvalue weighted by Gasteiger charge is -2.22. The van der Waals surface area contributed by atoms with Crippen LogP contribution in [0.5, 0.6) is 0 Å². The van der Waals surface area contributed by atoms with Crippen molar-refractivity contribution in [3.05, 3.63) is 0 Å². The van der Waals surface area contributed by atoms with Gasteiger partial charge in [-0.1, -0.05) is 182 Å². The Morgan fingerprint density at radius 3 is 1.02 bits per heavy atom. The van der Waals surface area contributed by atoms with Gasteiger partial charge in [0.2, 0.25) is 11.8 Å². The van der Waals surface area contributed by atoms with Gasteiger partial charge in [0.15, 0.2) is 0 Å². The molecule has 0 aliphatic carbocycles. The smallest absolute Gasteiger partial charge is 0.221 e. The van der Waals surface area contributed by atoms with Crippen LogP contribution < -0.4 is 10.6 Å². The number of halogens is 1. The molecule has 1 unspecified atom stereocenters. The normalized spacial score (nSPS) is 12.4. The number of hydrogen-bond acceptors (Lipinski definition) is 3. The van der Waals surface area contributed by atoms with E-state index in [1.807, 2.05) is 0 Å². The monoisotopic (exact) mass is 699 g/mol. The first-order valence-electron chi connectivity index (χ1n) is 21.1. The van der Waals surface area contributed by atoms with E-state index in [-0.39, 0.29) is 11.8 Å². The molecule has 0 spiro atoms. The first-order chi connectivity index (χ1) is 23.2. The third-order valence-corrected chi connectivity index (χ3v) is 9.99. The maximum absolute atomic E-state index is 12.7. The summed E-state index contributed by atoms with van der Waals surface area (Å²) in [7, 11) is 0. The number of aliphatic hydroxyl groups is 1. The molecule has 0 aromatic carbocycles. The number of aliphatic hydroxyl groups excluding tert-OH is 1. The lowest BCUT2D eigenvalue weighted by atomic mass is 10.0. The van der Waals surface area contributed by atoms with Crippen LogP contribution in [0.2, 0.25) is 0 Å². The molecule has 0 fully saturated rings.